The lowest BCUT2D eigenvalue weighted by atomic mass is 9.76. The minimum absolute atomic E-state index is 0.163. The molecule has 1 fully saturated rings. The van der Waals surface area contributed by atoms with Crippen LogP contribution in [0.15, 0.2) is 36.0 Å². The zero-order valence-corrected chi connectivity index (χ0v) is 12.6. The molecule has 4 unspecified atom stereocenters. The minimum atomic E-state index is 0.163. The Kier molecular flexibility index (Phi) is 4.42. The first kappa shape index (κ1) is 14.1. The Morgan fingerprint density at radius 3 is 2.85 bits per heavy atom. The first-order chi connectivity index (χ1) is 9.75. The van der Waals surface area contributed by atoms with Crippen molar-refractivity contribution in [2.24, 2.45) is 17.6 Å². The number of nitrogens with two attached hydrogens (primary N) is 1. The maximum Gasteiger partial charge on any atom is 0.0311 e. The molecule has 0 amide bonds. The fourth-order valence-electron chi connectivity index (χ4n) is 4.19. The molecule has 2 nitrogen and oxygen atoms in total. The van der Waals surface area contributed by atoms with Crippen molar-refractivity contribution in [3.8, 4) is 0 Å². The number of fused-ring (bicyclic) bond motifs is 1. The molecule has 0 bridgehead atoms. The first-order valence-electron chi connectivity index (χ1n) is 8.32. The monoisotopic (exact) mass is 272 g/mol. The van der Waals surface area contributed by atoms with Crippen LogP contribution >= 0.6 is 0 Å². The number of rotatable bonds is 3. The van der Waals surface area contributed by atoms with Crippen LogP contribution in [0.2, 0.25) is 0 Å². The second kappa shape index (κ2) is 6.28. The normalized spacial score (nSPS) is 35.5. The Bertz CT molecular complexity index is 415. The summed E-state index contributed by atoms with van der Waals surface area (Å²) >= 11 is 0. The van der Waals surface area contributed by atoms with E-state index in [1.165, 1.54) is 37.7 Å². The van der Waals surface area contributed by atoms with Crippen LogP contribution in [-0.4, -0.2) is 18.1 Å². The van der Waals surface area contributed by atoms with E-state index in [0.29, 0.717) is 18.0 Å². The SMILES string of the molecule is CC(NC1CC=CC2=CC=CC(N)C21)C1CCCCC1. The predicted octanol–water partition coefficient (Wildman–Crippen LogP) is 3.31. The van der Waals surface area contributed by atoms with Gasteiger partial charge in [-0.2, -0.15) is 0 Å². The third kappa shape index (κ3) is 2.91. The third-order valence-corrected chi connectivity index (χ3v) is 5.39. The molecule has 1 saturated carbocycles. The van der Waals surface area contributed by atoms with Gasteiger partial charge in [-0.25, -0.2) is 0 Å². The van der Waals surface area contributed by atoms with Gasteiger partial charge < -0.3 is 11.1 Å². The molecule has 0 aromatic heterocycles. The van der Waals surface area contributed by atoms with Gasteiger partial charge in [-0.15, -0.1) is 0 Å². The Labute approximate surface area is 123 Å². The second-order valence-corrected chi connectivity index (χ2v) is 6.75. The van der Waals surface area contributed by atoms with E-state index >= 15 is 0 Å². The van der Waals surface area contributed by atoms with Gasteiger partial charge in [-0.3, -0.25) is 0 Å². The summed E-state index contributed by atoms with van der Waals surface area (Å²) in [5.41, 5.74) is 7.73. The average Bonchev–Trinajstić information content (AvgIpc) is 2.48. The van der Waals surface area contributed by atoms with Gasteiger partial charge in [0.2, 0.25) is 0 Å². The van der Waals surface area contributed by atoms with Crippen LogP contribution in [0.1, 0.15) is 45.4 Å². The van der Waals surface area contributed by atoms with Crippen molar-refractivity contribution in [2.45, 2.75) is 63.6 Å². The molecule has 0 heterocycles. The summed E-state index contributed by atoms with van der Waals surface area (Å²) in [6, 6.07) is 1.28. The Morgan fingerprint density at radius 2 is 2.05 bits per heavy atom. The van der Waals surface area contributed by atoms with Crippen molar-refractivity contribution < 1.29 is 0 Å². The highest BCUT2D eigenvalue weighted by Crippen LogP contribution is 2.32. The van der Waals surface area contributed by atoms with Gasteiger partial charge in [0.1, 0.15) is 0 Å². The van der Waals surface area contributed by atoms with E-state index in [9.17, 15) is 0 Å². The van der Waals surface area contributed by atoms with Gasteiger partial charge in [0, 0.05) is 24.0 Å². The summed E-state index contributed by atoms with van der Waals surface area (Å²) in [5, 5.41) is 3.91. The van der Waals surface area contributed by atoms with Crippen molar-refractivity contribution in [2.75, 3.05) is 0 Å². The number of nitrogens with one attached hydrogen (secondary N) is 1. The van der Waals surface area contributed by atoms with Gasteiger partial charge >= 0.3 is 0 Å². The largest absolute Gasteiger partial charge is 0.324 e. The van der Waals surface area contributed by atoms with Crippen LogP contribution < -0.4 is 11.1 Å². The highest BCUT2D eigenvalue weighted by atomic mass is 15.0. The molecule has 3 aliphatic rings. The lowest BCUT2D eigenvalue weighted by Gasteiger charge is -2.39. The van der Waals surface area contributed by atoms with Crippen LogP contribution in [0.5, 0.6) is 0 Å². The molecule has 2 heteroatoms. The van der Waals surface area contributed by atoms with Crippen LogP contribution in [0.25, 0.3) is 0 Å². The molecular formula is C18H28N2. The van der Waals surface area contributed by atoms with Crippen molar-refractivity contribution in [1.29, 1.82) is 0 Å². The van der Waals surface area contributed by atoms with Crippen molar-refractivity contribution >= 4 is 0 Å². The van der Waals surface area contributed by atoms with Gasteiger partial charge in [-0.1, -0.05) is 49.6 Å². The van der Waals surface area contributed by atoms with Gasteiger partial charge in [0.25, 0.3) is 0 Å². The van der Waals surface area contributed by atoms with E-state index in [0.717, 1.165) is 12.3 Å². The van der Waals surface area contributed by atoms with E-state index in [-0.39, 0.29) is 6.04 Å². The fraction of sp³-hybridized carbons (Fsp3) is 0.667. The van der Waals surface area contributed by atoms with Crippen molar-refractivity contribution in [1.82, 2.24) is 5.32 Å². The topological polar surface area (TPSA) is 38.0 Å². The molecule has 4 atom stereocenters. The zero-order chi connectivity index (χ0) is 13.9. The highest BCUT2D eigenvalue weighted by Gasteiger charge is 2.33. The molecule has 3 rings (SSSR count). The van der Waals surface area contributed by atoms with Crippen molar-refractivity contribution in [3.63, 3.8) is 0 Å². The molecular weight excluding hydrogens is 244 g/mol. The molecule has 110 valence electrons. The maximum absolute atomic E-state index is 6.33. The van der Waals surface area contributed by atoms with E-state index in [1.807, 2.05) is 0 Å². The van der Waals surface area contributed by atoms with Crippen LogP contribution in [0.4, 0.5) is 0 Å². The lowest BCUT2D eigenvalue weighted by molar-refractivity contribution is 0.239. The molecule has 3 aliphatic carbocycles. The molecule has 0 saturated heterocycles. The Balaban J connectivity index is 1.66. The predicted molar refractivity (Wildman–Crippen MR) is 85.4 cm³/mol. The Hall–Kier alpha value is -0.860. The molecule has 3 N–H and O–H groups in total. The zero-order valence-electron chi connectivity index (χ0n) is 12.6. The molecule has 0 radical (unpaired) electrons. The first-order valence-corrected chi connectivity index (χ1v) is 8.32. The van der Waals surface area contributed by atoms with Crippen LogP contribution in [0, 0.1) is 11.8 Å². The molecule has 20 heavy (non-hydrogen) atoms. The van der Waals surface area contributed by atoms with Crippen LogP contribution in [-0.2, 0) is 0 Å². The minimum Gasteiger partial charge on any atom is -0.324 e. The second-order valence-electron chi connectivity index (χ2n) is 6.75. The van der Waals surface area contributed by atoms with E-state index in [2.05, 4.69) is 42.6 Å². The number of hydrogen-bond donors (Lipinski definition) is 2. The summed E-state index contributed by atoms with van der Waals surface area (Å²) in [7, 11) is 0. The summed E-state index contributed by atoms with van der Waals surface area (Å²) < 4.78 is 0. The third-order valence-electron chi connectivity index (χ3n) is 5.39. The number of hydrogen-bond acceptors (Lipinski definition) is 2. The summed E-state index contributed by atoms with van der Waals surface area (Å²) in [6.07, 6.45) is 19.2. The summed E-state index contributed by atoms with van der Waals surface area (Å²) in [4.78, 5) is 0. The quantitative estimate of drug-likeness (QED) is 0.827. The standard InChI is InChI=1S/C18H28N2/c1-13(14-7-3-2-4-8-14)20-17-12-6-10-15-9-5-11-16(19)18(15)17/h5-6,9-11,13-14,16-18,20H,2-4,7-8,12,19H2,1H3. The average molecular weight is 272 g/mol. The Morgan fingerprint density at radius 1 is 1.25 bits per heavy atom. The molecule has 0 spiro atoms. The summed E-state index contributed by atoms with van der Waals surface area (Å²) in [5.74, 6) is 1.31. The van der Waals surface area contributed by atoms with Crippen molar-refractivity contribution in [3.05, 3.63) is 36.0 Å². The lowest BCUT2D eigenvalue weighted by Crippen LogP contribution is -2.51. The van der Waals surface area contributed by atoms with E-state index in [1.54, 1.807) is 0 Å². The fourth-order valence-corrected chi connectivity index (χ4v) is 4.19. The van der Waals surface area contributed by atoms with Gasteiger partial charge in [-0.05, 0) is 37.7 Å². The maximum atomic E-state index is 6.33. The van der Waals surface area contributed by atoms with E-state index in [4.69, 9.17) is 5.73 Å². The van der Waals surface area contributed by atoms with E-state index < -0.39 is 0 Å². The van der Waals surface area contributed by atoms with Gasteiger partial charge in [0.05, 0.1) is 0 Å². The summed E-state index contributed by atoms with van der Waals surface area (Å²) in [6.45, 7) is 2.38. The van der Waals surface area contributed by atoms with Crippen LogP contribution in [0.3, 0.4) is 0 Å². The smallest absolute Gasteiger partial charge is 0.0311 e. The molecule has 0 aromatic carbocycles. The molecule has 0 aliphatic heterocycles. The molecule has 0 aromatic rings. The number of allylic oxidation sites excluding steroid dienone is 3. The van der Waals surface area contributed by atoms with Gasteiger partial charge in [0.15, 0.2) is 0 Å². The highest BCUT2D eigenvalue weighted by molar-refractivity contribution is 5.37.